The molecule has 2 N–H and O–H groups in total. The van der Waals surface area contributed by atoms with Gasteiger partial charge in [-0.25, -0.2) is 4.79 Å². The number of hydrogen-bond donors (Lipinski definition) is 1. The van der Waals surface area contributed by atoms with Gasteiger partial charge in [-0.05, 0) is 24.1 Å². The van der Waals surface area contributed by atoms with Crippen molar-refractivity contribution in [2.75, 3.05) is 14.2 Å². The van der Waals surface area contributed by atoms with Gasteiger partial charge in [0.1, 0.15) is 6.04 Å². The molecule has 2 aromatic carbocycles. The molecule has 2 rings (SSSR count). The molecule has 0 aliphatic rings. The summed E-state index contributed by atoms with van der Waals surface area (Å²) in [5, 5.41) is 0. The van der Waals surface area contributed by atoms with E-state index in [4.69, 9.17) is 19.9 Å². The summed E-state index contributed by atoms with van der Waals surface area (Å²) < 4.78 is 15.8. The van der Waals surface area contributed by atoms with Gasteiger partial charge in [-0.1, -0.05) is 36.4 Å². The molecule has 116 valence electrons. The number of carbonyl (C=O) groups is 1. The van der Waals surface area contributed by atoms with E-state index in [1.807, 2.05) is 30.3 Å². The molecule has 2 aromatic rings. The highest BCUT2D eigenvalue weighted by molar-refractivity contribution is 5.80. The first-order valence-electron chi connectivity index (χ1n) is 6.88. The summed E-state index contributed by atoms with van der Waals surface area (Å²) in [4.78, 5) is 12.2. The fourth-order valence-electron chi connectivity index (χ4n) is 2.05. The largest absolute Gasteiger partial charge is 0.493 e. The molecule has 0 aromatic heterocycles. The van der Waals surface area contributed by atoms with Crippen molar-refractivity contribution in [3.63, 3.8) is 0 Å². The number of benzene rings is 2. The highest BCUT2D eigenvalue weighted by atomic mass is 16.6. The molecule has 1 atom stereocenters. The Hall–Kier alpha value is -2.53. The molecule has 5 nitrogen and oxygen atoms in total. The van der Waals surface area contributed by atoms with Crippen LogP contribution in [0.3, 0.4) is 0 Å². The maximum atomic E-state index is 12.2. The van der Waals surface area contributed by atoms with E-state index < -0.39 is 12.0 Å². The van der Waals surface area contributed by atoms with Crippen LogP contribution in [-0.4, -0.2) is 26.2 Å². The molecular formula is C17H19NO4. The van der Waals surface area contributed by atoms with Gasteiger partial charge in [0.15, 0.2) is 11.5 Å². The zero-order valence-electron chi connectivity index (χ0n) is 12.6. The zero-order valence-corrected chi connectivity index (χ0v) is 12.6. The third-order valence-electron chi connectivity index (χ3n) is 3.19. The van der Waals surface area contributed by atoms with Crippen molar-refractivity contribution in [3.8, 4) is 17.2 Å². The lowest BCUT2D eigenvalue weighted by Crippen LogP contribution is -2.36. The van der Waals surface area contributed by atoms with Gasteiger partial charge in [-0.3, -0.25) is 0 Å². The van der Waals surface area contributed by atoms with Crippen LogP contribution in [0.15, 0.2) is 48.5 Å². The summed E-state index contributed by atoms with van der Waals surface area (Å²) >= 11 is 0. The van der Waals surface area contributed by atoms with Crippen molar-refractivity contribution in [2.45, 2.75) is 12.5 Å². The molecule has 0 heterocycles. The number of para-hydroxylation sites is 1. The Morgan fingerprint density at radius 1 is 1.00 bits per heavy atom. The van der Waals surface area contributed by atoms with E-state index in [2.05, 4.69) is 0 Å². The average molecular weight is 301 g/mol. The molecule has 0 aliphatic carbocycles. The first-order chi connectivity index (χ1) is 10.7. The molecule has 0 fully saturated rings. The number of rotatable bonds is 6. The summed E-state index contributed by atoms with van der Waals surface area (Å²) in [5.41, 5.74) is 6.90. The van der Waals surface area contributed by atoms with E-state index in [0.717, 1.165) is 5.56 Å². The van der Waals surface area contributed by atoms with Crippen molar-refractivity contribution in [1.29, 1.82) is 0 Å². The van der Waals surface area contributed by atoms with Crippen LogP contribution in [0.4, 0.5) is 0 Å². The second-order valence-electron chi connectivity index (χ2n) is 4.71. The molecule has 0 unspecified atom stereocenters. The van der Waals surface area contributed by atoms with Gasteiger partial charge in [0.05, 0.1) is 14.2 Å². The maximum absolute atomic E-state index is 12.2. The fourth-order valence-corrected chi connectivity index (χ4v) is 2.05. The number of esters is 1. The predicted molar refractivity (Wildman–Crippen MR) is 83.3 cm³/mol. The van der Waals surface area contributed by atoms with Gasteiger partial charge in [0, 0.05) is 0 Å². The van der Waals surface area contributed by atoms with Crippen molar-refractivity contribution in [1.82, 2.24) is 0 Å². The van der Waals surface area contributed by atoms with Gasteiger partial charge < -0.3 is 19.9 Å². The summed E-state index contributed by atoms with van der Waals surface area (Å²) in [6, 6.07) is 13.9. The summed E-state index contributed by atoms with van der Waals surface area (Å²) in [6.45, 7) is 0. The molecule has 0 radical (unpaired) electrons. The molecule has 0 amide bonds. The highest BCUT2D eigenvalue weighted by Crippen LogP contribution is 2.36. The topological polar surface area (TPSA) is 70.8 Å². The van der Waals surface area contributed by atoms with E-state index in [-0.39, 0.29) is 5.75 Å². The molecule has 22 heavy (non-hydrogen) atoms. The standard InChI is InChI=1S/C17H19NO4/c1-20-14-9-6-10-15(21-2)16(14)22-17(19)13(18)11-12-7-4-3-5-8-12/h3-10,13H,11,18H2,1-2H3/t13-/m0/s1. The van der Waals surface area contributed by atoms with E-state index in [0.29, 0.717) is 17.9 Å². The molecule has 0 bridgehead atoms. The van der Waals surface area contributed by atoms with Crippen molar-refractivity contribution < 1.29 is 19.0 Å². The Morgan fingerprint density at radius 3 is 2.14 bits per heavy atom. The smallest absolute Gasteiger partial charge is 0.328 e. The first-order valence-corrected chi connectivity index (χ1v) is 6.88. The third kappa shape index (κ3) is 3.77. The minimum absolute atomic E-state index is 0.237. The van der Waals surface area contributed by atoms with Gasteiger partial charge in [0.2, 0.25) is 5.75 Å². The van der Waals surface area contributed by atoms with Crippen LogP contribution in [-0.2, 0) is 11.2 Å². The van der Waals surface area contributed by atoms with E-state index in [9.17, 15) is 4.79 Å². The van der Waals surface area contributed by atoms with Crippen LogP contribution in [0.5, 0.6) is 17.2 Å². The van der Waals surface area contributed by atoms with E-state index >= 15 is 0 Å². The van der Waals surface area contributed by atoms with Crippen molar-refractivity contribution in [3.05, 3.63) is 54.1 Å². The van der Waals surface area contributed by atoms with Crippen LogP contribution < -0.4 is 19.9 Å². The molecular weight excluding hydrogens is 282 g/mol. The Labute approximate surface area is 129 Å². The first kappa shape index (κ1) is 15.9. The fraction of sp³-hybridized carbons (Fsp3) is 0.235. The van der Waals surface area contributed by atoms with Crippen LogP contribution in [0.25, 0.3) is 0 Å². The van der Waals surface area contributed by atoms with Crippen molar-refractivity contribution in [2.24, 2.45) is 5.73 Å². The van der Waals surface area contributed by atoms with Gasteiger partial charge in [0.25, 0.3) is 0 Å². The van der Waals surface area contributed by atoms with Crippen LogP contribution >= 0.6 is 0 Å². The molecule has 0 spiro atoms. The number of carbonyl (C=O) groups excluding carboxylic acids is 1. The lowest BCUT2D eigenvalue weighted by atomic mass is 10.1. The summed E-state index contributed by atoms with van der Waals surface area (Å²) in [7, 11) is 2.99. The number of nitrogens with two attached hydrogens (primary N) is 1. The van der Waals surface area contributed by atoms with Gasteiger partial charge in [-0.2, -0.15) is 0 Å². The Bertz CT molecular complexity index is 606. The molecule has 0 saturated heterocycles. The summed E-state index contributed by atoms with van der Waals surface area (Å²) in [5.74, 6) is 0.534. The van der Waals surface area contributed by atoms with Crippen LogP contribution in [0, 0.1) is 0 Å². The SMILES string of the molecule is COc1cccc(OC)c1OC(=O)[C@@H](N)Cc1ccccc1. The second-order valence-corrected chi connectivity index (χ2v) is 4.71. The zero-order chi connectivity index (χ0) is 15.9. The number of ether oxygens (including phenoxy) is 3. The maximum Gasteiger partial charge on any atom is 0.328 e. The van der Waals surface area contributed by atoms with Crippen LogP contribution in [0.2, 0.25) is 0 Å². The Morgan fingerprint density at radius 2 is 1.59 bits per heavy atom. The normalized spacial score (nSPS) is 11.6. The van der Waals surface area contributed by atoms with E-state index in [1.165, 1.54) is 14.2 Å². The quantitative estimate of drug-likeness (QED) is 0.654. The minimum atomic E-state index is -0.767. The third-order valence-corrected chi connectivity index (χ3v) is 3.19. The number of hydrogen-bond acceptors (Lipinski definition) is 5. The highest BCUT2D eigenvalue weighted by Gasteiger charge is 2.21. The van der Waals surface area contributed by atoms with Crippen molar-refractivity contribution >= 4 is 5.97 Å². The van der Waals surface area contributed by atoms with Gasteiger partial charge in [-0.15, -0.1) is 0 Å². The molecule has 0 aliphatic heterocycles. The monoisotopic (exact) mass is 301 g/mol. The lowest BCUT2D eigenvalue weighted by Gasteiger charge is -2.15. The number of methoxy groups -OCH3 is 2. The van der Waals surface area contributed by atoms with Gasteiger partial charge >= 0.3 is 5.97 Å². The van der Waals surface area contributed by atoms with Crippen LogP contribution in [0.1, 0.15) is 5.56 Å². The Kier molecular flexibility index (Phi) is 5.38. The Balaban J connectivity index is 2.11. The lowest BCUT2D eigenvalue weighted by molar-refractivity contribution is -0.136. The molecule has 0 saturated carbocycles. The molecule has 5 heteroatoms. The summed E-state index contributed by atoms with van der Waals surface area (Å²) in [6.07, 6.45) is 0.400. The van der Waals surface area contributed by atoms with E-state index in [1.54, 1.807) is 18.2 Å². The minimum Gasteiger partial charge on any atom is -0.493 e. The second kappa shape index (κ2) is 7.47. The predicted octanol–water partition coefficient (Wildman–Crippen LogP) is 2.18. The average Bonchev–Trinajstić information content (AvgIpc) is 2.55.